The Balaban J connectivity index is 2.21. The van der Waals surface area contributed by atoms with Crippen molar-refractivity contribution < 1.29 is 57.8 Å². The average Bonchev–Trinajstić information content (AvgIpc) is 2.71. The third-order valence-corrected chi connectivity index (χ3v) is 7.04. The number of nitrogens with one attached hydrogen (secondary N) is 1. The van der Waals surface area contributed by atoms with Crippen LogP contribution in [-0.2, 0) is 15.6 Å². The van der Waals surface area contributed by atoms with Crippen molar-refractivity contribution in [3.63, 3.8) is 0 Å². The lowest BCUT2D eigenvalue weighted by Crippen LogP contribution is -2.49. The fourth-order valence-electron chi connectivity index (χ4n) is 2.44. The van der Waals surface area contributed by atoms with E-state index < -0.39 is 89.2 Å². The topological polar surface area (TPSA) is 89.3 Å². The molecule has 0 aliphatic heterocycles. The van der Waals surface area contributed by atoms with Gasteiger partial charge in [-0.15, -0.1) is 0 Å². The van der Waals surface area contributed by atoms with Crippen molar-refractivity contribution in [2.45, 2.75) is 37.5 Å². The molecule has 0 bridgehead atoms. The molecule has 204 valence electrons. The summed E-state index contributed by atoms with van der Waals surface area (Å²) in [6.45, 7) is 0. The quantitative estimate of drug-likeness (QED) is 0.146. The van der Waals surface area contributed by atoms with E-state index in [2.05, 4.69) is 5.32 Å². The molecule has 0 heterocycles. The van der Waals surface area contributed by atoms with Crippen molar-refractivity contribution >= 4 is 51.6 Å². The van der Waals surface area contributed by atoms with Crippen LogP contribution >= 0.6 is 23.5 Å². The van der Waals surface area contributed by atoms with Crippen molar-refractivity contribution in [1.29, 1.82) is 0 Å². The molecule has 0 aliphatic carbocycles. The lowest BCUT2D eigenvalue weighted by atomic mass is 10.3. The van der Waals surface area contributed by atoms with Crippen LogP contribution < -0.4 is 5.32 Å². The molecule has 0 saturated heterocycles. The summed E-state index contributed by atoms with van der Waals surface area (Å²) in [5, 5.41) is 7.63. The van der Waals surface area contributed by atoms with Gasteiger partial charge in [0, 0.05) is 21.5 Å². The van der Waals surface area contributed by atoms with Crippen molar-refractivity contribution in [2.75, 3.05) is 11.1 Å². The van der Waals surface area contributed by atoms with Gasteiger partial charge in [0.05, 0.1) is 15.7 Å². The van der Waals surface area contributed by atoms with Gasteiger partial charge >= 0.3 is 22.9 Å². The highest BCUT2D eigenvalue weighted by Gasteiger charge is 2.73. The van der Waals surface area contributed by atoms with Crippen LogP contribution in [0.5, 0.6) is 0 Å². The fraction of sp³-hybridized carbons (Fsp3) is 0.278. The molecule has 1 amide bonds. The van der Waals surface area contributed by atoms with E-state index in [9.17, 15) is 63.0 Å². The Morgan fingerprint density at radius 3 is 2.05 bits per heavy atom. The van der Waals surface area contributed by atoms with E-state index in [-0.39, 0.29) is 16.6 Å². The van der Waals surface area contributed by atoms with E-state index in [0.29, 0.717) is 12.1 Å². The number of carbonyl (C=O) groups is 1. The summed E-state index contributed by atoms with van der Waals surface area (Å²) in [7, 11) is -2.57. The number of hydrogen-bond donors (Lipinski definition) is 1. The van der Waals surface area contributed by atoms with E-state index >= 15 is 0 Å². The Hall–Kier alpha value is -2.54. The van der Waals surface area contributed by atoms with Crippen LogP contribution in [0.4, 0.5) is 55.3 Å². The second-order valence-corrected chi connectivity index (χ2v) is 10.4. The Kier molecular flexibility index (Phi) is 9.17. The molecule has 19 heteroatoms. The van der Waals surface area contributed by atoms with Gasteiger partial charge < -0.3 is 5.32 Å². The Morgan fingerprint density at radius 2 is 1.51 bits per heavy atom. The summed E-state index contributed by atoms with van der Waals surface area (Å²) >= 11 is -1.80. The largest absolute Gasteiger partial charge is 0.460 e. The first-order valence-electron chi connectivity index (χ1n) is 9.07. The number of halogens is 10. The van der Waals surface area contributed by atoms with Crippen LogP contribution in [0.1, 0.15) is 0 Å². The second kappa shape index (κ2) is 11.1. The van der Waals surface area contributed by atoms with Crippen molar-refractivity contribution in [1.82, 2.24) is 0 Å². The van der Waals surface area contributed by atoms with Crippen LogP contribution in [0.2, 0.25) is 0 Å². The molecule has 0 aromatic heterocycles. The van der Waals surface area contributed by atoms with Crippen LogP contribution in [0.3, 0.4) is 0 Å². The van der Waals surface area contributed by atoms with Crippen molar-refractivity contribution in [2.24, 2.45) is 0 Å². The van der Waals surface area contributed by atoms with Crippen LogP contribution in [-0.4, -0.2) is 43.7 Å². The molecule has 2 aromatic carbocycles. The summed E-state index contributed by atoms with van der Waals surface area (Å²) in [4.78, 5) is 20.0. The molecule has 1 atom stereocenters. The number of thioether (sulfide) groups is 2. The third kappa shape index (κ3) is 7.97. The smallest absolute Gasteiger partial charge is 0.325 e. The highest BCUT2D eigenvalue weighted by Crippen LogP contribution is 2.54. The third-order valence-electron chi connectivity index (χ3n) is 3.95. The second-order valence-electron chi connectivity index (χ2n) is 6.69. The summed E-state index contributed by atoms with van der Waals surface area (Å²) in [5.41, 5.74) is -5.99. The Bertz CT molecular complexity index is 1210. The van der Waals surface area contributed by atoms with E-state index in [4.69, 9.17) is 0 Å². The molecular weight excluding hydrogens is 594 g/mol. The number of alkyl halides is 10. The maximum atomic E-state index is 13.6. The zero-order valence-corrected chi connectivity index (χ0v) is 19.8. The lowest BCUT2D eigenvalue weighted by molar-refractivity contribution is -0.388. The summed E-state index contributed by atoms with van der Waals surface area (Å²) in [6.07, 6.45) is -6.63. The highest BCUT2D eigenvalue weighted by atomic mass is 32.2. The number of anilines is 1. The van der Waals surface area contributed by atoms with Crippen LogP contribution in [0.15, 0.2) is 57.2 Å². The molecule has 2 rings (SSSR count). The van der Waals surface area contributed by atoms with E-state index in [1.54, 1.807) is 0 Å². The minimum Gasteiger partial charge on any atom is -0.325 e. The first-order chi connectivity index (χ1) is 16.7. The van der Waals surface area contributed by atoms with Crippen molar-refractivity contribution in [3.05, 3.63) is 52.6 Å². The summed E-state index contributed by atoms with van der Waals surface area (Å²) < 4.78 is 140. The van der Waals surface area contributed by atoms with E-state index in [0.717, 1.165) is 12.1 Å². The van der Waals surface area contributed by atoms with Gasteiger partial charge in [-0.05, 0) is 53.9 Å². The molecule has 0 spiro atoms. The normalized spacial score (nSPS) is 13.8. The maximum Gasteiger partial charge on any atom is 0.460 e. The Morgan fingerprint density at radius 1 is 0.919 bits per heavy atom. The highest BCUT2D eigenvalue weighted by molar-refractivity contribution is 8.00. The standard InChI is InChI=1S/C18H10F10N2O4S3/c19-15(20,16(21,22)23)17(24,25)35-11-4-5-13(12(7-11)30(32)33)37(34)8-14(31)29-9-2-1-3-10(6-9)36-18(26,27)28/h1-7H,8H2,(H,29,31). The minimum absolute atomic E-state index is 0.148. The van der Waals surface area contributed by atoms with Gasteiger partial charge in [-0.3, -0.25) is 19.1 Å². The van der Waals surface area contributed by atoms with Gasteiger partial charge in [-0.25, -0.2) is 0 Å². The maximum absolute atomic E-state index is 13.6. The van der Waals surface area contributed by atoms with Gasteiger partial charge in [-0.2, -0.15) is 43.9 Å². The number of benzene rings is 2. The minimum atomic E-state index is -6.63. The number of hydrogen-bond acceptors (Lipinski definition) is 6. The molecule has 0 fully saturated rings. The molecule has 6 nitrogen and oxygen atoms in total. The molecular formula is C18H10F10N2O4S3. The number of amides is 1. The molecule has 0 radical (unpaired) electrons. The van der Waals surface area contributed by atoms with E-state index in [1.165, 1.54) is 12.1 Å². The van der Waals surface area contributed by atoms with Gasteiger partial charge in [0.25, 0.3) is 5.69 Å². The molecule has 1 N–H and O–H groups in total. The van der Waals surface area contributed by atoms with Gasteiger partial charge in [0.15, 0.2) is 0 Å². The number of rotatable bonds is 9. The van der Waals surface area contributed by atoms with Gasteiger partial charge in [-0.1, -0.05) is 6.07 Å². The molecule has 37 heavy (non-hydrogen) atoms. The zero-order valence-electron chi connectivity index (χ0n) is 17.3. The predicted molar refractivity (Wildman–Crippen MR) is 113 cm³/mol. The fourth-order valence-corrected chi connectivity index (χ4v) is 4.94. The predicted octanol–water partition coefficient (Wildman–Crippen LogP) is 6.84. The summed E-state index contributed by atoms with van der Waals surface area (Å²) in [6, 6.07) is 5.57. The number of nitro benzene ring substituents is 1. The average molecular weight is 604 g/mol. The van der Waals surface area contributed by atoms with Crippen LogP contribution in [0.25, 0.3) is 0 Å². The SMILES string of the molecule is O=C(CS(=O)c1ccc(SC(F)(F)C(F)(F)C(F)(F)F)cc1[N+](=O)[O-])Nc1cccc(SC(F)(F)F)c1. The number of nitrogens with zero attached hydrogens (tertiary/aromatic N) is 1. The summed E-state index contributed by atoms with van der Waals surface area (Å²) in [5.74, 6) is -8.59. The first kappa shape index (κ1) is 30.7. The van der Waals surface area contributed by atoms with Crippen LogP contribution in [0, 0.1) is 10.1 Å². The molecule has 0 aliphatic rings. The van der Waals surface area contributed by atoms with Gasteiger partial charge in [0.2, 0.25) is 5.91 Å². The lowest BCUT2D eigenvalue weighted by Gasteiger charge is -2.27. The zero-order chi connectivity index (χ0) is 28.4. The molecule has 1 unspecified atom stereocenters. The van der Waals surface area contributed by atoms with Gasteiger partial charge in [0.1, 0.15) is 10.6 Å². The van der Waals surface area contributed by atoms with E-state index in [1.807, 2.05) is 0 Å². The monoisotopic (exact) mass is 604 g/mol. The molecule has 2 aromatic rings. The number of carbonyl (C=O) groups excluding carboxylic acids is 1. The molecule has 0 saturated carbocycles. The van der Waals surface area contributed by atoms with Crippen molar-refractivity contribution in [3.8, 4) is 0 Å². The number of nitro groups is 1. The first-order valence-corrected chi connectivity index (χ1v) is 12.0. The Labute approximate surface area is 210 Å².